The predicted octanol–water partition coefficient (Wildman–Crippen LogP) is 4.69. The van der Waals surface area contributed by atoms with E-state index in [0.717, 1.165) is 11.3 Å². The molecular formula is C30H25NO5. The molecular weight excluding hydrogens is 454 g/mol. The van der Waals surface area contributed by atoms with Crippen LogP contribution in [0.1, 0.15) is 44.7 Å². The molecule has 0 unspecified atom stereocenters. The van der Waals surface area contributed by atoms with Crippen LogP contribution in [0.25, 0.3) is 6.08 Å². The van der Waals surface area contributed by atoms with E-state index in [0.29, 0.717) is 22.4 Å². The fourth-order valence-electron chi connectivity index (χ4n) is 6.33. The molecule has 0 saturated carbocycles. The fourth-order valence-corrected chi connectivity index (χ4v) is 6.33. The van der Waals surface area contributed by atoms with E-state index in [2.05, 4.69) is 0 Å². The van der Waals surface area contributed by atoms with Crippen LogP contribution in [0.5, 0.6) is 5.75 Å². The molecule has 180 valence electrons. The van der Waals surface area contributed by atoms with E-state index in [1.165, 1.54) is 0 Å². The maximum atomic E-state index is 14.4. The lowest BCUT2D eigenvalue weighted by atomic mass is 9.64. The lowest BCUT2D eigenvalue weighted by Crippen LogP contribution is -2.48. The Kier molecular flexibility index (Phi) is 5.07. The molecule has 1 aliphatic carbocycles. The van der Waals surface area contributed by atoms with Crippen LogP contribution in [0.15, 0.2) is 78.9 Å². The zero-order valence-corrected chi connectivity index (χ0v) is 20.0. The van der Waals surface area contributed by atoms with Gasteiger partial charge in [-0.1, -0.05) is 66.7 Å². The summed E-state index contributed by atoms with van der Waals surface area (Å²) in [5, 5.41) is 0. The average Bonchev–Trinajstić information content (AvgIpc) is 3.35. The summed E-state index contributed by atoms with van der Waals surface area (Å²) in [7, 11) is 1.57. The Bertz CT molecular complexity index is 1410. The van der Waals surface area contributed by atoms with Gasteiger partial charge < -0.3 is 14.4 Å². The number of rotatable bonds is 4. The zero-order chi connectivity index (χ0) is 25.0. The number of Topliss-reactive ketones (excluding diaryl/α,β-unsaturated/α-hetero) is 2. The van der Waals surface area contributed by atoms with Gasteiger partial charge in [0.1, 0.15) is 17.2 Å². The summed E-state index contributed by atoms with van der Waals surface area (Å²) in [5.41, 5.74) is 1.66. The summed E-state index contributed by atoms with van der Waals surface area (Å²) >= 11 is 0. The van der Waals surface area contributed by atoms with Crippen LogP contribution in [0.2, 0.25) is 0 Å². The highest BCUT2D eigenvalue weighted by atomic mass is 16.5. The molecule has 2 heterocycles. The molecule has 1 spiro atoms. The van der Waals surface area contributed by atoms with Crippen molar-refractivity contribution in [3.8, 4) is 5.75 Å². The van der Waals surface area contributed by atoms with Crippen LogP contribution in [0.4, 0.5) is 5.69 Å². The molecule has 0 amide bonds. The van der Waals surface area contributed by atoms with Crippen molar-refractivity contribution in [1.29, 1.82) is 0 Å². The number of para-hydroxylation sites is 1. The maximum Gasteiger partial charge on any atom is 0.329 e. The standard InChI is InChI=1S/C30H25NO5/c1-3-36-29(34)26-25(19-10-8-11-20(17-19)35-2)30(27(32)21-12-5-6-13-22(21)28(30)33)24-16-15-18-9-4-7-14-23(18)31(24)26/h4-17,24-26H,3H2,1-2H3/t24-,25-,26-/m0/s1. The zero-order valence-electron chi connectivity index (χ0n) is 20.0. The van der Waals surface area contributed by atoms with Crippen LogP contribution in [-0.4, -0.2) is 43.3 Å². The van der Waals surface area contributed by atoms with Crippen LogP contribution < -0.4 is 9.64 Å². The Labute approximate surface area is 209 Å². The van der Waals surface area contributed by atoms with Crippen molar-refractivity contribution in [3.05, 3.63) is 101 Å². The van der Waals surface area contributed by atoms with Crippen molar-refractivity contribution in [1.82, 2.24) is 0 Å². The lowest BCUT2D eigenvalue weighted by Gasteiger charge is -2.36. The number of benzene rings is 3. The first kappa shape index (κ1) is 22.3. The van der Waals surface area contributed by atoms with Crippen LogP contribution in [0.3, 0.4) is 0 Å². The summed E-state index contributed by atoms with van der Waals surface area (Å²) in [4.78, 5) is 44.5. The molecule has 1 fully saturated rings. The van der Waals surface area contributed by atoms with E-state index in [1.54, 1.807) is 44.4 Å². The summed E-state index contributed by atoms with van der Waals surface area (Å²) in [6, 6.07) is 20.4. The third-order valence-electron chi connectivity index (χ3n) is 7.69. The second-order valence-corrected chi connectivity index (χ2v) is 9.29. The topological polar surface area (TPSA) is 72.9 Å². The third kappa shape index (κ3) is 2.81. The largest absolute Gasteiger partial charge is 0.497 e. The molecule has 0 radical (unpaired) electrons. The van der Waals surface area contributed by atoms with Gasteiger partial charge in [-0.3, -0.25) is 9.59 Å². The van der Waals surface area contributed by atoms with Crippen molar-refractivity contribution < 1.29 is 23.9 Å². The minimum Gasteiger partial charge on any atom is -0.497 e. The molecule has 6 heteroatoms. The Morgan fingerprint density at radius 2 is 1.64 bits per heavy atom. The smallest absolute Gasteiger partial charge is 0.329 e. The Morgan fingerprint density at radius 1 is 0.944 bits per heavy atom. The summed E-state index contributed by atoms with van der Waals surface area (Å²) in [6.45, 7) is 1.94. The number of esters is 1. The molecule has 0 bridgehead atoms. The molecule has 0 aromatic heterocycles. The number of carbonyl (C=O) groups is 3. The summed E-state index contributed by atoms with van der Waals surface area (Å²) < 4.78 is 11.1. The van der Waals surface area contributed by atoms with Crippen LogP contribution >= 0.6 is 0 Å². The number of hydrogen-bond acceptors (Lipinski definition) is 6. The lowest BCUT2D eigenvalue weighted by molar-refractivity contribution is -0.145. The summed E-state index contributed by atoms with van der Waals surface area (Å²) in [5.74, 6) is -1.20. The number of hydrogen-bond donors (Lipinski definition) is 0. The van der Waals surface area contributed by atoms with Crippen molar-refractivity contribution in [2.45, 2.75) is 24.9 Å². The van der Waals surface area contributed by atoms with Crippen molar-refractivity contribution in [2.75, 3.05) is 18.6 Å². The summed E-state index contributed by atoms with van der Waals surface area (Å²) in [6.07, 6.45) is 3.84. The first-order valence-corrected chi connectivity index (χ1v) is 12.1. The minimum absolute atomic E-state index is 0.186. The van der Waals surface area contributed by atoms with Crippen molar-refractivity contribution in [2.24, 2.45) is 5.41 Å². The average molecular weight is 480 g/mol. The number of anilines is 1. The fraction of sp³-hybridized carbons (Fsp3) is 0.233. The molecule has 3 aromatic carbocycles. The normalized spacial score (nSPS) is 22.8. The molecule has 2 aliphatic heterocycles. The molecule has 1 saturated heterocycles. The molecule has 36 heavy (non-hydrogen) atoms. The van der Waals surface area contributed by atoms with Gasteiger partial charge >= 0.3 is 5.97 Å². The van der Waals surface area contributed by atoms with Gasteiger partial charge in [-0.15, -0.1) is 0 Å². The monoisotopic (exact) mass is 479 g/mol. The van der Waals surface area contributed by atoms with Gasteiger partial charge in [-0.25, -0.2) is 4.79 Å². The third-order valence-corrected chi connectivity index (χ3v) is 7.69. The molecule has 3 aromatic rings. The van der Waals surface area contributed by atoms with Gasteiger partial charge in [-0.05, 0) is 36.2 Å². The molecule has 0 N–H and O–H groups in total. The van der Waals surface area contributed by atoms with E-state index in [4.69, 9.17) is 9.47 Å². The van der Waals surface area contributed by atoms with E-state index >= 15 is 0 Å². The maximum absolute atomic E-state index is 14.4. The van der Waals surface area contributed by atoms with Gasteiger partial charge in [0.2, 0.25) is 0 Å². The predicted molar refractivity (Wildman–Crippen MR) is 135 cm³/mol. The number of carbonyl (C=O) groups excluding carboxylic acids is 3. The van der Waals surface area contributed by atoms with Gasteiger partial charge in [0.15, 0.2) is 11.6 Å². The van der Waals surface area contributed by atoms with E-state index in [-0.39, 0.29) is 18.2 Å². The van der Waals surface area contributed by atoms with Gasteiger partial charge in [0, 0.05) is 22.7 Å². The van der Waals surface area contributed by atoms with E-state index in [9.17, 15) is 14.4 Å². The number of ether oxygens (including phenoxy) is 2. The molecule has 6 rings (SSSR count). The molecule has 3 aliphatic rings. The number of methoxy groups -OCH3 is 1. The Morgan fingerprint density at radius 3 is 2.33 bits per heavy atom. The Hall–Kier alpha value is -4.19. The van der Waals surface area contributed by atoms with E-state index < -0.39 is 29.4 Å². The Balaban J connectivity index is 1.68. The second kappa shape index (κ2) is 8.19. The van der Waals surface area contributed by atoms with Gasteiger partial charge in [-0.2, -0.15) is 0 Å². The highest BCUT2D eigenvalue weighted by molar-refractivity contribution is 6.32. The van der Waals surface area contributed by atoms with Crippen LogP contribution in [0, 0.1) is 5.41 Å². The molecule has 3 atom stereocenters. The van der Waals surface area contributed by atoms with Gasteiger partial charge in [0.25, 0.3) is 0 Å². The van der Waals surface area contributed by atoms with Crippen molar-refractivity contribution >= 4 is 29.3 Å². The molecule has 6 nitrogen and oxygen atoms in total. The number of ketones is 2. The quantitative estimate of drug-likeness (QED) is 0.399. The first-order valence-electron chi connectivity index (χ1n) is 12.1. The SMILES string of the molecule is CCOC(=O)[C@@H]1[C@H](c2cccc(OC)c2)C2(C(=O)c3ccccc3C2=O)[C@@H]2C=Cc3ccccc3N12. The number of fused-ring (bicyclic) bond motifs is 5. The number of nitrogens with zero attached hydrogens (tertiary/aromatic N) is 1. The van der Waals surface area contributed by atoms with Gasteiger partial charge in [0.05, 0.1) is 19.8 Å². The minimum atomic E-state index is -1.53. The van der Waals surface area contributed by atoms with Crippen molar-refractivity contribution in [3.63, 3.8) is 0 Å². The first-order chi connectivity index (χ1) is 17.5. The van der Waals surface area contributed by atoms with Crippen LogP contribution in [-0.2, 0) is 9.53 Å². The highest BCUT2D eigenvalue weighted by Crippen LogP contribution is 2.60. The highest BCUT2D eigenvalue weighted by Gasteiger charge is 2.72. The van der Waals surface area contributed by atoms with E-state index in [1.807, 2.05) is 59.5 Å². The second-order valence-electron chi connectivity index (χ2n) is 9.29.